The zero-order valence-corrected chi connectivity index (χ0v) is 12.4. The molecule has 0 aliphatic heterocycles. The van der Waals surface area contributed by atoms with Gasteiger partial charge >= 0.3 is 0 Å². The summed E-state index contributed by atoms with van der Waals surface area (Å²) in [5.74, 6) is 0. The molecule has 0 fully saturated rings. The van der Waals surface area contributed by atoms with E-state index in [1.54, 1.807) is 0 Å². The predicted molar refractivity (Wildman–Crippen MR) is 77.1 cm³/mol. The summed E-state index contributed by atoms with van der Waals surface area (Å²) < 4.78 is 0. The number of nitrogens with one attached hydrogen (secondary N) is 1. The Morgan fingerprint density at radius 1 is 1.24 bits per heavy atom. The third-order valence-electron chi connectivity index (χ3n) is 2.63. The number of hydrogen-bond acceptors (Lipinski definition) is 4. The Hall–Kier alpha value is -0.610. The highest BCUT2D eigenvalue weighted by Gasteiger charge is 2.11. The van der Waals surface area contributed by atoms with Crippen molar-refractivity contribution in [3.63, 3.8) is 0 Å². The molecular formula is C13H25N3S. The lowest BCUT2D eigenvalue weighted by molar-refractivity contribution is 0.641. The van der Waals surface area contributed by atoms with Crippen LogP contribution in [0.3, 0.4) is 0 Å². The number of nitrogens with zero attached hydrogens (tertiary/aromatic N) is 2. The summed E-state index contributed by atoms with van der Waals surface area (Å²) in [6, 6.07) is 0. The van der Waals surface area contributed by atoms with Gasteiger partial charge in [0.25, 0.3) is 0 Å². The minimum atomic E-state index is 0.973. The summed E-state index contributed by atoms with van der Waals surface area (Å²) in [4.78, 5) is 8.21. The summed E-state index contributed by atoms with van der Waals surface area (Å²) in [6.45, 7) is 6.52. The van der Waals surface area contributed by atoms with E-state index < -0.39 is 0 Å². The molecule has 1 heterocycles. The van der Waals surface area contributed by atoms with Gasteiger partial charge in [-0.1, -0.05) is 26.7 Å². The maximum Gasteiger partial charge on any atom is 0.185 e. The van der Waals surface area contributed by atoms with Gasteiger partial charge in [0.2, 0.25) is 0 Å². The molecular weight excluding hydrogens is 230 g/mol. The van der Waals surface area contributed by atoms with Gasteiger partial charge in [0.1, 0.15) is 0 Å². The lowest BCUT2D eigenvalue weighted by Crippen LogP contribution is -2.14. The van der Waals surface area contributed by atoms with Crippen LogP contribution in [0, 0.1) is 0 Å². The molecule has 0 unspecified atom stereocenters. The van der Waals surface area contributed by atoms with Crippen LogP contribution in [0.4, 0.5) is 5.13 Å². The summed E-state index contributed by atoms with van der Waals surface area (Å²) in [5, 5.41) is 4.63. The number of aromatic nitrogens is 1. The van der Waals surface area contributed by atoms with E-state index in [4.69, 9.17) is 4.98 Å². The summed E-state index contributed by atoms with van der Waals surface area (Å²) in [7, 11) is 4.12. The molecule has 4 heteroatoms. The van der Waals surface area contributed by atoms with Crippen molar-refractivity contribution in [1.29, 1.82) is 0 Å². The molecule has 0 bridgehead atoms. The Morgan fingerprint density at radius 2 is 2.00 bits per heavy atom. The van der Waals surface area contributed by atoms with Gasteiger partial charge in [-0.15, -0.1) is 11.3 Å². The van der Waals surface area contributed by atoms with Crippen LogP contribution in [0.1, 0.15) is 43.7 Å². The van der Waals surface area contributed by atoms with E-state index >= 15 is 0 Å². The van der Waals surface area contributed by atoms with Crippen LogP contribution in [0.2, 0.25) is 0 Å². The fourth-order valence-electron chi connectivity index (χ4n) is 1.63. The fourth-order valence-corrected chi connectivity index (χ4v) is 2.63. The van der Waals surface area contributed by atoms with Gasteiger partial charge in [0, 0.05) is 25.5 Å². The third kappa shape index (κ3) is 4.64. The molecule has 98 valence electrons. The Kier molecular flexibility index (Phi) is 6.52. The molecule has 0 atom stereocenters. The second-order valence-corrected chi connectivity index (χ2v) is 5.60. The summed E-state index contributed by atoms with van der Waals surface area (Å²) in [5.41, 5.74) is 1.28. The van der Waals surface area contributed by atoms with Crippen molar-refractivity contribution in [3.05, 3.63) is 10.6 Å². The predicted octanol–water partition coefficient (Wildman–Crippen LogP) is 3.05. The zero-order valence-electron chi connectivity index (χ0n) is 11.5. The van der Waals surface area contributed by atoms with Gasteiger partial charge in [0.15, 0.2) is 5.13 Å². The van der Waals surface area contributed by atoms with E-state index in [1.807, 2.05) is 11.3 Å². The molecule has 17 heavy (non-hydrogen) atoms. The van der Waals surface area contributed by atoms with Crippen molar-refractivity contribution in [2.75, 3.05) is 25.5 Å². The Labute approximate surface area is 109 Å². The smallest absolute Gasteiger partial charge is 0.185 e. The highest BCUT2D eigenvalue weighted by atomic mass is 32.1. The van der Waals surface area contributed by atoms with Gasteiger partial charge in [-0.25, -0.2) is 4.98 Å². The normalized spacial score (nSPS) is 10.8. The fraction of sp³-hybridized carbons (Fsp3) is 0.769. The molecule has 3 nitrogen and oxygen atoms in total. The summed E-state index contributed by atoms with van der Waals surface area (Å²) >= 11 is 1.82. The van der Waals surface area contributed by atoms with Crippen LogP contribution < -0.4 is 10.2 Å². The molecule has 1 N–H and O–H groups in total. The standard InChI is InChI=1S/C13H25N3S/c1-5-7-9-14-10-12-11(8-6-2)15-13(17-12)16(3)4/h14H,5-10H2,1-4H3. The third-order valence-corrected chi connectivity index (χ3v) is 3.89. The summed E-state index contributed by atoms with van der Waals surface area (Å²) in [6.07, 6.45) is 4.76. The van der Waals surface area contributed by atoms with Crippen molar-refractivity contribution >= 4 is 16.5 Å². The molecule has 0 spiro atoms. The highest BCUT2D eigenvalue weighted by molar-refractivity contribution is 7.15. The molecule has 0 saturated heterocycles. The quantitative estimate of drug-likeness (QED) is 0.724. The molecule has 1 rings (SSSR count). The number of hydrogen-bond donors (Lipinski definition) is 1. The molecule has 0 saturated carbocycles. The number of thiazole rings is 1. The first kappa shape index (κ1) is 14.5. The van der Waals surface area contributed by atoms with Gasteiger partial charge in [-0.3, -0.25) is 0 Å². The second-order valence-electron chi connectivity index (χ2n) is 4.54. The molecule has 1 aromatic rings. The van der Waals surface area contributed by atoms with Crippen LogP contribution in [-0.4, -0.2) is 25.6 Å². The molecule has 0 aromatic carbocycles. The minimum absolute atomic E-state index is 0.973. The molecule has 0 radical (unpaired) electrons. The number of anilines is 1. The first-order valence-corrected chi connectivity index (χ1v) is 7.37. The molecule has 0 aliphatic carbocycles. The van der Waals surface area contributed by atoms with E-state index in [9.17, 15) is 0 Å². The largest absolute Gasteiger partial charge is 0.354 e. The van der Waals surface area contributed by atoms with Crippen molar-refractivity contribution in [2.24, 2.45) is 0 Å². The maximum atomic E-state index is 4.70. The van der Waals surface area contributed by atoms with Crippen LogP contribution in [0.5, 0.6) is 0 Å². The van der Waals surface area contributed by atoms with E-state index in [-0.39, 0.29) is 0 Å². The monoisotopic (exact) mass is 255 g/mol. The Bertz CT molecular complexity index is 320. The van der Waals surface area contributed by atoms with Crippen LogP contribution in [-0.2, 0) is 13.0 Å². The SMILES string of the molecule is CCCCNCc1sc(N(C)C)nc1CCC. The lowest BCUT2D eigenvalue weighted by Gasteiger charge is -2.05. The van der Waals surface area contributed by atoms with Crippen molar-refractivity contribution in [3.8, 4) is 0 Å². The Morgan fingerprint density at radius 3 is 2.59 bits per heavy atom. The van der Waals surface area contributed by atoms with Crippen molar-refractivity contribution in [1.82, 2.24) is 10.3 Å². The molecule has 0 amide bonds. The first-order chi connectivity index (χ1) is 8.19. The lowest BCUT2D eigenvalue weighted by atomic mass is 10.2. The van der Waals surface area contributed by atoms with E-state index in [0.29, 0.717) is 0 Å². The second kappa shape index (κ2) is 7.67. The van der Waals surface area contributed by atoms with E-state index in [2.05, 4.69) is 38.2 Å². The zero-order chi connectivity index (χ0) is 12.7. The van der Waals surface area contributed by atoms with E-state index in [1.165, 1.54) is 29.8 Å². The Balaban J connectivity index is 2.60. The van der Waals surface area contributed by atoms with Crippen molar-refractivity contribution < 1.29 is 0 Å². The van der Waals surface area contributed by atoms with Crippen LogP contribution >= 0.6 is 11.3 Å². The van der Waals surface area contributed by atoms with Gasteiger partial charge in [-0.05, 0) is 19.4 Å². The maximum absolute atomic E-state index is 4.70. The van der Waals surface area contributed by atoms with Crippen molar-refractivity contribution in [2.45, 2.75) is 46.1 Å². The average Bonchev–Trinajstić information content (AvgIpc) is 2.69. The topological polar surface area (TPSA) is 28.2 Å². The first-order valence-electron chi connectivity index (χ1n) is 6.55. The average molecular weight is 255 g/mol. The van der Waals surface area contributed by atoms with Crippen LogP contribution in [0.25, 0.3) is 0 Å². The number of unbranched alkanes of at least 4 members (excludes halogenated alkanes) is 1. The highest BCUT2D eigenvalue weighted by Crippen LogP contribution is 2.25. The van der Waals surface area contributed by atoms with Gasteiger partial charge in [-0.2, -0.15) is 0 Å². The number of aryl methyl sites for hydroxylation is 1. The van der Waals surface area contributed by atoms with E-state index in [0.717, 1.165) is 24.6 Å². The minimum Gasteiger partial charge on any atom is -0.354 e. The van der Waals surface area contributed by atoms with Crippen LogP contribution in [0.15, 0.2) is 0 Å². The number of rotatable bonds is 8. The van der Waals surface area contributed by atoms with Gasteiger partial charge in [0.05, 0.1) is 5.69 Å². The van der Waals surface area contributed by atoms with Gasteiger partial charge < -0.3 is 10.2 Å². The molecule has 0 aliphatic rings. The molecule has 1 aromatic heterocycles.